The van der Waals surface area contributed by atoms with Gasteiger partial charge in [0.15, 0.2) is 0 Å². The number of aromatic nitrogens is 2. The summed E-state index contributed by atoms with van der Waals surface area (Å²) in [4.78, 5) is 22.3. The minimum absolute atomic E-state index is 0.0783. The Bertz CT molecular complexity index is 1050. The molecule has 1 N–H and O–H groups in total. The SMILES string of the molecule is O=c1[nH]c(-c2ccc(Cl)cc2)nc2c1CCN(Cc1cc(Cl)ccc1Cl)C2. The fourth-order valence-corrected chi connectivity index (χ4v) is 3.78. The van der Waals surface area contributed by atoms with Gasteiger partial charge in [-0.2, -0.15) is 0 Å². The number of hydrogen-bond acceptors (Lipinski definition) is 3. The number of aromatic amines is 1. The molecule has 7 heteroatoms. The maximum Gasteiger partial charge on any atom is 0.254 e. The molecule has 0 amide bonds. The molecule has 2 aromatic carbocycles. The Morgan fingerprint density at radius 1 is 1.04 bits per heavy atom. The standard InChI is InChI=1S/C20H16Cl3N3O/c21-14-3-1-12(2-4-14)19-24-18-11-26(8-7-16(18)20(27)25-19)10-13-9-15(22)5-6-17(13)23/h1-6,9H,7-8,10-11H2,(H,24,25,27). The molecule has 4 rings (SSSR count). The zero-order valence-corrected chi connectivity index (χ0v) is 16.6. The molecule has 1 aliphatic rings. The highest BCUT2D eigenvalue weighted by Gasteiger charge is 2.22. The fraction of sp³-hybridized carbons (Fsp3) is 0.200. The second-order valence-corrected chi connectivity index (χ2v) is 7.82. The van der Waals surface area contributed by atoms with Crippen molar-refractivity contribution in [2.45, 2.75) is 19.5 Å². The third-order valence-corrected chi connectivity index (χ3v) is 5.53. The normalized spacial score (nSPS) is 14.2. The molecule has 1 aliphatic heterocycles. The van der Waals surface area contributed by atoms with Crippen LogP contribution in [-0.2, 0) is 19.5 Å². The first-order valence-corrected chi connectivity index (χ1v) is 9.67. The van der Waals surface area contributed by atoms with Crippen molar-refractivity contribution in [3.05, 3.63) is 84.7 Å². The number of halogens is 3. The van der Waals surface area contributed by atoms with Crippen LogP contribution in [0.2, 0.25) is 15.1 Å². The van der Waals surface area contributed by atoms with Crippen molar-refractivity contribution in [1.82, 2.24) is 14.9 Å². The molecule has 0 saturated carbocycles. The summed E-state index contributed by atoms with van der Waals surface area (Å²) in [5.41, 5.74) is 3.27. The summed E-state index contributed by atoms with van der Waals surface area (Å²) in [7, 11) is 0. The van der Waals surface area contributed by atoms with Gasteiger partial charge in [0.2, 0.25) is 0 Å². The topological polar surface area (TPSA) is 49.0 Å². The van der Waals surface area contributed by atoms with E-state index in [1.54, 1.807) is 24.3 Å². The smallest absolute Gasteiger partial charge is 0.254 e. The van der Waals surface area contributed by atoms with E-state index in [1.165, 1.54) is 0 Å². The molecule has 1 aromatic heterocycles. The first kappa shape index (κ1) is 18.5. The summed E-state index contributed by atoms with van der Waals surface area (Å²) in [6, 6.07) is 12.7. The summed E-state index contributed by atoms with van der Waals surface area (Å²) < 4.78 is 0. The van der Waals surface area contributed by atoms with E-state index >= 15 is 0 Å². The zero-order chi connectivity index (χ0) is 19.0. The van der Waals surface area contributed by atoms with Gasteiger partial charge in [-0.15, -0.1) is 0 Å². The number of H-pyrrole nitrogens is 1. The molecule has 0 unspecified atom stereocenters. The lowest BCUT2D eigenvalue weighted by molar-refractivity contribution is 0.240. The van der Waals surface area contributed by atoms with E-state index in [-0.39, 0.29) is 5.56 Å². The summed E-state index contributed by atoms with van der Waals surface area (Å²) >= 11 is 18.3. The second-order valence-electron chi connectivity index (χ2n) is 6.54. The summed E-state index contributed by atoms with van der Waals surface area (Å²) in [5.74, 6) is 0.554. The summed E-state index contributed by atoms with van der Waals surface area (Å²) in [6.07, 6.45) is 0.650. The molecule has 3 aromatic rings. The Morgan fingerprint density at radius 3 is 2.56 bits per heavy atom. The highest BCUT2D eigenvalue weighted by atomic mass is 35.5. The Hall–Kier alpha value is -1.85. The van der Waals surface area contributed by atoms with Crippen LogP contribution >= 0.6 is 34.8 Å². The Kier molecular flexibility index (Phi) is 5.24. The minimum Gasteiger partial charge on any atom is -0.306 e. The van der Waals surface area contributed by atoms with Crippen molar-refractivity contribution >= 4 is 34.8 Å². The molecule has 0 saturated heterocycles. The molecule has 0 fully saturated rings. The number of benzene rings is 2. The van der Waals surface area contributed by atoms with Crippen molar-refractivity contribution < 1.29 is 0 Å². The predicted octanol–water partition coefficient (Wildman–Crippen LogP) is 4.96. The maximum atomic E-state index is 12.5. The van der Waals surface area contributed by atoms with Crippen LogP contribution in [0, 0.1) is 0 Å². The van der Waals surface area contributed by atoms with Crippen molar-refractivity contribution in [1.29, 1.82) is 0 Å². The average Bonchev–Trinajstić information content (AvgIpc) is 2.65. The van der Waals surface area contributed by atoms with Crippen LogP contribution in [-0.4, -0.2) is 21.4 Å². The molecule has 0 atom stereocenters. The molecular weight excluding hydrogens is 405 g/mol. The van der Waals surface area contributed by atoms with E-state index < -0.39 is 0 Å². The number of nitrogens with zero attached hydrogens (tertiary/aromatic N) is 2. The second kappa shape index (κ2) is 7.64. The lowest BCUT2D eigenvalue weighted by Gasteiger charge is -2.28. The molecule has 0 bridgehead atoms. The molecule has 0 spiro atoms. The van der Waals surface area contributed by atoms with Crippen LogP contribution < -0.4 is 5.56 Å². The van der Waals surface area contributed by atoms with Gasteiger partial charge in [-0.3, -0.25) is 9.69 Å². The van der Waals surface area contributed by atoms with E-state index in [1.807, 2.05) is 18.2 Å². The number of fused-ring (bicyclic) bond motifs is 1. The highest BCUT2D eigenvalue weighted by molar-refractivity contribution is 6.33. The quantitative estimate of drug-likeness (QED) is 0.652. The van der Waals surface area contributed by atoms with Crippen molar-refractivity contribution in [2.24, 2.45) is 0 Å². The maximum absolute atomic E-state index is 12.5. The van der Waals surface area contributed by atoms with E-state index in [2.05, 4.69) is 9.88 Å². The lowest BCUT2D eigenvalue weighted by Crippen LogP contribution is -2.35. The highest BCUT2D eigenvalue weighted by Crippen LogP contribution is 2.25. The summed E-state index contributed by atoms with van der Waals surface area (Å²) in [6.45, 7) is 2.01. The van der Waals surface area contributed by atoms with Gasteiger partial charge >= 0.3 is 0 Å². The molecule has 4 nitrogen and oxygen atoms in total. The van der Waals surface area contributed by atoms with E-state index in [0.717, 1.165) is 28.9 Å². The van der Waals surface area contributed by atoms with Crippen molar-refractivity contribution in [3.8, 4) is 11.4 Å². The first-order chi connectivity index (χ1) is 13.0. The van der Waals surface area contributed by atoms with Crippen LogP contribution in [0.5, 0.6) is 0 Å². The Balaban J connectivity index is 1.62. The van der Waals surface area contributed by atoms with Gasteiger partial charge in [0.05, 0.1) is 5.69 Å². The van der Waals surface area contributed by atoms with Crippen LogP contribution in [0.15, 0.2) is 47.3 Å². The van der Waals surface area contributed by atoms with E-state index in [0.29, 0.717) is 40.4 Å². The van der Waals surface area contributed by atoms with E-state index in [4.69, 9.17) is 39.8 Å². The van der Waals surface area contributed by atoms with Gasteiger partial charge < -0.3 is 4.98 Å². The fourth-order valence-electron chi connectivity index (χ4n) is 3.28. The van der Waals surface area contributed by atoms with Crippen LogP contribution in [0.1, 0.15) is 16.8 Å². The Morgan fingerprint density at radius 2 is 1.78 bits per heavy atom. The van der Waals surface area contributed by atoms with Crippen molar-refractivity contribution in [2.75, 3.05) is 6.54 Å². The molecule has 0 radical (unpaired) electrons. The predicted molar refractivity (Wildman–Crippen MR) is 110 cm³/mol. The van der Waals surface area contributed by atoms with Crippen LogP contribution in [0.3, 0.4) is 0 Å². The largest absolute Gasteiger partial charge is 0.306 e. The minimum atomic E-state index is -0.0783. The third-order valence-electron chi connectivity index (χ3n) is 4.67. The van der Waals surface area contributed by atoms with Gasteiger partial charge in [-0.25, -0.2) is 4.98 Å². The number of nitrogens with one attached hydrogen (secondary N) is 1. The molecular formula is C20H16Cl3N3O. The van der Waals surface area contributed by atoms with Crippen LogP contribution in [0.25, 0.3) is 11.4 Å². The molecule has 2 heterocycles. The average molecular weight is 421 g/mol. The van der Waals surface area contributed by atoms with Crippen molar-refractivity contribution in [3.63, 3.8) is 0 Å². The third kappa shape index (κ3) is 4.04. The molecule has 0 aliphatic carbocycles. The lowest BCUT2D eigenvalue weighted by atomic mass is 10.0. The van der Waals surface area contributed by atoms with Gasteiger partial charge in [0.25, 0.3) is 5.56 Å². The van der Waals surface area contributed by atoms with Gasteiger partial charge in [0, 0.05) is 45.8 Å². The molecule has 138 valence electrons. The number of rotatable bonds is 3. The monoisotopic (exact) mass is 419 g/mol. The molecule has 27 heavy (non-hydrogen) atoms. The Labute approximate surface area is 171 Å². The van der Waals surface area contributed by atoms with Gasteiger partial charge in [-0.1, -0.05) is 34.8 Å². The van der Waals surface area contributed by atoms with E-state index in [9.17, 15) is 4.79 Å². The summed E-state index contributed by atoms with van der Waals surface area (Å²) in [5, 5.41) is 1.99. The van der Waals surface area contributed by atoms with Crippen LogP contribution in [0.4, 0.5) is 0 Å². The van der Waals surface area contributed by atoms with Gasteiger partial charge in [0.1, 0.15) is 5.82 Å². The number of hydrogen-bond donors (Lipinski definition) is 1. The van der Waals surface area contributed by atoms with Gasteiger partial charge in [-0.05, 0) is 54.4 Å². The first-order valence-electron chi connectivity index (χ1n) is 8.54. The zero-order valence-electron chi connectivity index (χ0n) is 14.3.